The maximum absolute atomic E-state index is 4.18. The zero-order valence-electron chi connectivity index (χ0n) is 11.6. The third-order valence-corrected chi connectivity index (χ3v) is 7.38. The Balaban J connectivity index is 2.47. The zero-order valence-corrected chi connectivity index (χ0v) is 12.6. The van der Waals surface area contributed by atoms with E-state index in [1.807, 2.05) is 0 Å². The van der Waals surface area contributed by atoms with Crippen LogP contribution < -0.4 is 0 Å². The first-order valence-electron chi connectivity index (χ1n) is 6.63. The molecule has 0 aromatic rings. The van der Waals surface area contributed by atoms with Crippen LogP contribution in [-0.4, -0.2) is 50.4 Å². The first-order valence-corrected chi connectivity index (χ1v) is 9.79. The molecular weight excluding hydrogens is 212 g/mol. The minimum atomic E-state index is -1.22. The molecule has 0 aromatic heterocycles. The molecule has 16 heavy (non-hydrogen) atoms. The average molecular weight is 240 g/mol. The summed E-state index contributed by atoms with van der Waals surface area (Å²) in [6.07, 6.45) is 1.14. The van der Waals surface area contributed by atoms with E-state index < -0.39 is 8.24 Å². The van der Waals surface area contributed by atoms with Crippen LogP contribution in [0.5, 0.6) is 0 Å². The lowest BCUT2D eigenvalue weighted by atomic mass is 10.3. The van der Waals surface area contributed by atoms with Crippen LogP contribution >= 0.6 is 0 Å². The van der Waals surface area contributed by atoms with Gasteiger partial charge in [0.1, 0.15) is 8.24 Å². The fraction of sp³-hybridized carbons (Fsp3) is 0.846. The predicted octanol–water partition coefficient (Wildman–Crippen LogP) is 2.80. The van der Waals surface area contributed by atoms with Crippen LogP contribution in [0.25, 0.3) is 0 Å². The maximum atomic E-state index is 4.18. The average Bonchev–Trinajstić information content (AvgIpc) is 2.28. The van der Waals surface area contributed by atoms with Gasteiger partial charge in [0.2, 0.25) is 0 Å². The van der Waals surface area contributed by atoms with Crippen LogP contribution in [0.2, 0.25) is 19.1 Å². The van der Waals surface area contributed by atoms with Gasteiger partial charge in [-0.25, -0.2) is 0 Å². The van der Waals surface area contributed by atoms with Crippen molar-refractivity contribution in [3.05, 3.63) is 12.2 Å². The number of hydrogen-bond acceptors (Lipinski definition) is 2. The molecule has 1 saturated heterocycles. The van der Waals surface area contributed by atoms with Gasteiger partial charge in [-0.3, -0.25) is 0 Å². The van der Waals surface area contributed by atoms with Crippen molar-refractivity contribution in [2.45, 2.75) is 39.4 Å². The van der Waals surface area contributed by atoms with Crippen LogP contribution in [0.4, 0.5) is 0 Å². The second kappa shape index (κ2) is 5.99. The van der Waals surface area contributed by atoms with Crippen LogP contribution in [0, 0.1) is 0 Å². The first-order chi connectivity index (χ1) is 7.49. The van der Waals surface area contributed by atoms with Crippen LogP contribution in [0.15, 0.2) is 12.2 Å². The quantitative estimate of drug-likeness (QED) is 0.538. The van der Waals surface area contributed by atoms with Crippen LogP contribution in [-0.2, 0) is 0 Å². The second-order valence-corrected chi connectivity index (χ2v) is 10.1. The minimum absolute atomic E-state index is 1.14. The van der Waals surface area contributed by atoms with E-state index in [1.165, 1.54) is 44.3 Å². The predicted molar refractivity (Wildman–Crippen MR) is 75.4 cm³/mol. The van der Waals surface area contributed by atoms with E-state index >= 15 is 0 Å². The summed E-state index contributed by atoms with van der Waals surface area (Å²) in [6, 6.07) is 1.27. The molecule has 3 heteroatoms. The van der Waals surface area contributed by atoms with E-state index in [0.29, 0.717) is 0 Å². The summed E-state index contributed by atoms with van der Waals surface area (Å²) >= 11 is 0. The molecule has 94 valence electrons. The van der Waals surface area contributed by atoms with Crippen molar-refractivity contribution in [3.8, 4) is 0 Å². The lowest BCUT2D eigenvalue weighted by molar-refractivity contribution is 0.191. The molecule has 0 amide bonds. The van der Waals surface area contributed by atoms with Crippen LogP contribution in [0.3, 0.4) is 0 Å². The molecule has 0 aliphatic carbocycles. The van der Waals surface area contributed by atoms with Crippen LogP contribution in [0.1, 0.15) is 20.3 Å². The molecule has 2 nitrogen and oxygen atoms in total. The molecule has 0 radical (unpaired) electrons. The molecule has 1 fully saturated rings. The number of likely N-dealkylation sites (N-methyl/N-ethyl adjacent to an activating group) is 1. The molecule has 0 aromatic carbocycles. The highest BCUT2D eigenvalue weighted by Crippen LogP contribution is 2.22. The van der Waals surface area contributed by atoms with E-state index in [1.54, 1.807) is 0 Å². The van der Waals surface area contributed by atoms with Crippen molar-refractivity contribution in [2.24, 2.45) is 0 Å². The lowest BCUT2D eigenvalue weighted by Crippen LogP contribution is -2.57. The monoisotopic (exact) mass is 240 g/mol. The third kappa shape index (κ3) is 3.72. The molecule has 0 spiro atoms. The van der Waals surface area contributed by atoms with Gasteiger partial charge in [0.05, 0.1) is 0 Å². The highest BCUT2D eigenvalue weighted by molar-refractivity contribution is 6.75. The Kier molecular flexibility index (Phi) is 5.22. The van der Waals surface area contributed by atoms with Crippen molar-refractivity contribution >= 4 is 8.24 Å². The van der Waals surface area contributed by atoms with E-state index in [9.17, 15) is 0 Å². The number of allylic oxidation sites excluding steroid dienone is 1. The smallest absolute Gasteiger partial charge is 0.126 e. The molecule has 0 atom stereocenters. The summed E-state index contributed by atoms with van der Waals surface area (Å²) in [5.41, 5.74) is 1.44. The van der Waals surface area contributed by atoms with Crippen molar-refractivity contribution in [3.63, 3.8) is 0 Å². The molecule has 0 saturated carbocycles. The molecule has 0 bridgehead atoms. The van der Waals surface area contributed by atoms with E-state index in [2.05, 4.69) is 43.0 Å². The van der Waals surface area contributed by atoms with Gasteiger partial charge in [-0.05, 0) is 19.0 Å². The van der Waals surface area contributed by atoms with E-state index in [-0.39, 0.29) is 0 Å². The SMILES string of the molecule is C=C(CC)C[Si](C)(C)N1CCN(CC)CC1. The maximum Gasteiger partial charge on any atom is 0.126 e. The van der Waals surface area contributed by atoms with Gasteiger partial charge in [-0.15, -0.1) is 6.58 Å². The Hall–Kier alpha value is -0.123. The number of hydrogen-bond donors (Lipinski definition) is 0. The van der Waals surface area contributed by atoms with Gasteiger partial charge in [0, 0.05) is 26.2 Å². The third-order valence-electron chi connectivity index (χ3n) is 3.86. The summed E-state index contributed by atoms with van der Waals surface area (Å²) < 4.78 is 2.76. The second-order valence-electron chi connectivity index (χ2n) is 5.51. The Labute approximate surface area is 102 Å². The van der Waals surface area contributed by atoms with E-state index in [0.717, 1.165) is 6.42 Å². The first kappa shape index (κ1) is 13.9. The minimum Gasteiger partial charge on any atom is -0.321 e. The molecule has 1 heterocycles. The van der Waals surface area contributed by atoms with Gasteiger partial charge < -0.3 is 9.47 Å². The summed E-state index contributed by atoms with van der Waals surface area (Å²) in [7, 11) is -1.22. The van der Waals surface area contributed by atoms with Gasteiger partial charge in [0.25, 0.3) is 0 Å². The summed E-state index contributed by atoms with van der Waals surface area (Å²) in [4.78, 5) is 2.55. The zero-order chi connectivity index (χ0) is 12.2. The summed E-state index contributed by atoms with van der Waals surface area (Å²) in [5.74, 6) is 0. The van der Waals surface area contributed by atoms with Crippen molar-refractivity contribution < 1.29 is 0 Å². The van der Waals surface area contributed by atoms with Crippen molar-refractivity contribution in [1.29, 1.82) is 0 Å². The topological polar surface area (TPSA) is 6.48 Å². The standard InChI is InChI=1S/C13H28N2Si/c1-6-13(3)12-16(4,5)15-10-8-14(7-2)9-11-15/h3,6-12H2,1-2,4-5H3. The van der Waals surface area contributed by atoms with Crippen molar-refractivity contribution in [1.82, 2.24) is 9.47 Å². The van der Waals surface area contributed by atoms with Crippen molar-refractivity contribution in [2.75, 3.05) is 32.7 Å². The molecule has 1 aliphatic rings. The fourth-order valence-corrected chi connectivity index (χ4v) is 5.63. The largest absolute Gasteiger partial charge is 0.321 e. The highest BCUT2D eigenvalue weighted by Gasteiger charge is 2.31. The fourth-order valence-electron chi connectivity index (χ4n) is 2.52. The van der Waals surface area contributed by atoms with E-state index in [4.69, 9.17) is 0 Å². The Morgan fingerprint density at radius 3 is 2.12 bits per heavy atom. The molecule has 1 aliphatic heterocycles. The molecular formula is C13H28N2Si. The molecule has 0 N–H and O–H groups in total. The summed E-state index contributed by atoms with van der Waals surface area (Å²) in [6.45, 7) is 19.9. The Morgan fingerprint density at radius 1 is 1.12 bits per heavy atom. The van der Waals surface area contributed by atoms with Gasteiger partial charge in [0.15, 0.2) is 0 Å². The van der Waals surface area contributed by atoms with Gasteiger partial charge in [-0.1, -0.05) is 32.5 Å². The summed E-state index contributed by atoms with van der Waals surface area (Å²) in [5, 5.41) is 0. The molecule has 1 rings (SSSR count). The number of piperazine rings is 1. The Morgan fingerprint density at radius 2 is 1.69 bits per heavy atom. The Bertz CT molecular complexity index is 230. The van der Waals surface area contributed by atoms with Gasteiger partial charge >= 0.3 is 0 Å². The normalized spacial score (nSPS) is 20.0. The lowest BCUT2D eigenvalue weighted by Gasteiger charge is -2.43. The highest BCUT2D eigenvalue weighted by atomic mass is 28.3. The molecule has 0 unspecified atom stereocenters. The number of nitrogens with zero attached hydrogens (tertiary/aromatic N) is 2. The number of rotatable bonds is 5. The van der Waals surface area contributed by atoms with Gasteiger partial charge in [-0.2, -0.15) is 0 Å².